The van der Waals surface area contributed by atoms with Crippen LogP contribution in [0.15, 0.2) is 97.1 Å². The molecule has 4 aromatic carbocycles. The van der Waals surface area contributed by atoms with Gasteiger partial charge < -0.3 is 40.3 Å². The van der Waals surface area contributed by atoms with E-state index < -0.39 is 49.3 Å². The number of anilines is 1. The fraction of sp³-hybridized carbons (Fsp3) is 0.342. The second-order valence-corrected chi connectivity index (χ2v) is 12.7. The summed E-state index contributed by atoms with van der Waals surface area (Å²) < 4.78 is 19.0. The Morgan fingerprint density at radius 3 is 2.21 bits per heavy atom. The van der Waals surface area contributed by atoms with Crippen molar-refractivity contribution in [1.29, 1.82) is 0 Å². The molecule has 2 heterocycles. The predicted octanol–water partition coefficient (Wildman–Crippen LogP) is 4.71. The minimum atomic E-state index is -1.48. The van der Waals surface area contributed by atoms with Gasteiger partial charge in [0.1, 0.15) is 42.1 Å². The lowest BCUT2D eigenvalue weighted by atomic mass is 9.87. The van der Waals surface area contributed by atoms with E-state index in [0.717, 1.165) is 11.3 Å². The van der Waals surface area contributed by atoms with Crippen molar-refractivity contribution in [1.82, 2.24) is 0 Å². The van der Waals surface area contributed by atoms with Crippen LogP contribution in [0.5, 0.6) is 5.75 Å². The van der Waals surface area contributed by atoms with Crippen LogP contribution < -0.4 is 4.90 Å². The second kappa shape index (κ2) is 14.5. The number of ether oxygens (including phenoxy) is 1. The van der Waals surface area contributed by atoms with Crippen LogP contribution in [0.25, 0.3) is 11.1 Å². The van der Waals surface area contributed by atoms with E-state index in [0.29, 0.717) is 41.5 Å². The molecule has 6 N–H and O–H groups in total. The Balaban J connectivity index is 1.22. The van der Waals surface area contributed by atoms with Crippen molar-refractivity contribution in [3.63, 3.8) is 0 Å². The van der Waals surface area contributed by atoms with Gasteiger partial charge in [0.2, 0.25) is 5.91 Å². The van der Waals surface area contributed by atoms with Gasteiger partial charge in [0.05, 0.1) is 18.8 Å². The van der Waals surface area contributed by atoms with Gasteiger partial charge >= 0.3 is 0 Å². The number of halogens is 1. The number of aromatic hydroxyl groups is 1. The first kappa shape index (κ1) is 33.7. The molecular formula is C38H40FNO8. The molecule has 2 aliphatic rings. The van der Waals surface area contributed by atoms with Crippen molar-refractivity contribution in [3.8, 4) is 16.9 Å². The first-order valence-corrected chi connectivity index (χ1v) is 16.2. The Bertz CT molecular complexity index is 1680. The summed E-state index contributed by atoms with van der Waals surface area (Å²) >= 11 is 0. The van der Waals surface area contributed by atoms with E-state index in [-0.39, 0.29) is 29.8 Å². The minimum Gasteiger partial charge on any atom is -0.508 e. The zero-order valence-corrected chi connectivity index (χ0v) is 26.2. The van der Waals surface area contributed by atoms with Crippen LogP contribution in [0.2, 0.25) is 0 Å². The van der Waals surface area contributed by atoms with E-state index in [1.165, 1.54) is 12.1 Å². The topological polar surface area (TPSA) is 151 Å². The van der Waals surface area contributed by atoms with E-state index in [2.05, 4.69) is 0 Å². The van der Waals surface area contributed by atoms with Gasteiger partial charge in [-0.1, -0.05) is 73.2 Å². The highest BCUT2D eigenvalue weighted by atomic mass is 19.1. The molecule has 0 spiro atoms. The molecule has 2 fully saturated rings. The highest BCUT2D eigenvalue weighted by Crippen LogP contribution is 2.47. The van der Waals surface area contributed by atoms with Gasteiger partial charge in [-0.05, 0) is 71.3 Å². The molecule has 2 aliphatic heterocycles. The number of hydrogen-bond donors (Lipinski definition) is 6. The molecule has 9 nitrogen and oxygen atoms in total. The Hall–Kier alpha value is -4.16. The smallest absolute Gasteiger partial charge is 0.227 e. The first-order chi connectivity index (χ1) is 23.2. The van der Waals surface area contributed by atoms with Gasteiger partial charge in [0.15, 0.2) is 0 Å². The molecule has 0 saturated carbocycles. The highest BCUT2D eigenvalue weighted by Gasteiger charge is 2.44. The number of aliphatic hydroxyl groups is 5. The third kappa shape index (κ3) is 6.86. The fourth-order valence-electron chi connectivity index (χ4n) is 6.99. The van der Waals surface area contributed by atoms with Gasteiger partial charge in [-0.3, -0.25) is 4.79 Å². The van der Waals surface area contributed by atoms with E-state index in [4.69, 9.17) is 4.74 Å². The molecule has 1 unspecified atom stereocenters. The maximum Gasteiger partial charge on any atom is 0.227 e. The third-order valence-electron chi connectivity index (χ3n) is 9.59. The van der Waals surface area contributed by atoms with Crippen molar-refractivity contribution in [2.24, 2.45) is 5.92 Å². The van der Waals surface area contributed by atoms with Crippen molar-refractivity contribution in [2.45, 2.75) is 68.3 Å². The van der Waals surface area contributed by atoms with Gasteiger partial charge in [-0.2, -0.15) is 0 Å². The number of hydrogen-bond acceptors (Lipinski definition) is 8. The molecule has 2 saturated heterocycles. The summed E-state index contributed by atoms with van der Waals surface area (Å²) in [5.41, 5.74) is 4.00. The summed E-state index contributed by atoms with van der Waals surface area (Å²) in [5.74, 6) is -0.520. The van der Waals surface area contributed by atoms with Crippen molar-refractivity contribution < 1.29 is 44.6 Å². The average molecular weight is 658 g/mol. The summed E-state index contributed by atoms with van der Waals surface area (Å²) in [4.78, 5) is 15.2. The van der Waals surface area contributed by atoms with E-state index in [9.17, 15) is 39.8 Å². The number of aliphatic hydroxyl groups excluding tert-OH is 5. The number of para-hydroxylation sites is 1. The van der Waals surface area contributed by atoms with Crippen molar-refractivity contribution in [3.05, 3.63) is 120 Å². The van der Waals surface area contributed by atoms with Crippen LogP contribution in [0.3, 0.4) is 0 Å². The molecule has 0 aliphatic carbocycles. The largest absolute Gasteiger partial charge is 0.508 e. The van der Waals surface area contributed by atoms with Crippen LogP contribution in [0.1, 0.15) is 60.6 Å². The Kier molecular flexibility index (Phi) is 10.2. The number of phenolic OH excluding ortho intramolecular Hbond substituents is 1. The number of amides is 1. The molecule has 48 heavy (non-hydrogen) atoms. The van der Waals surface area contributed by atoms with E-state index >= 15 is 0 Å². The van der Waals surface area contributed by atoms with Crippen LogP contribution >= 0.6 is 0 Å². The normalized spacial score (nSPS) is 26.5. The minimum absolute atomic E-state index is 0.0301. The van der Waals surface area contributed by atoms with Crippen molar-refractivity contribution >= 4 is 11.6 Å². The quantitative estimate of drug-likeness (QED) is 0.144. The first-order valence-electron chi connectivity index (χ1n) is 16.2. The predicted molar refractivity (Wildman–Crippen MR) is 176 cm³/mol. The number of carbonyl (C=O) groups is 1. The van der Waals surface area contributed by atoms with Crippen molar-refractivity contribution in [2.75, 3.05) is 11.5 Å². The summed E-state index contributed by atoms with van der Waals surface area (Å²) in [5, 5.41) is 62.5. The van der Waals surface area contributed by atoms with Crippen LogP contribution in [0.4, 0.5) is 10.1 Å². The average Bonchev–Trinajstić information content (AvgIpc) is 3.43. The molecule has 10 heteroatoms. The second-order valence-electron chi connectivity index (χ2n) is 12.7. The maximum atomic E-state index is 13.5. The summed E-state index contributed by atoms with van der Waals surface area (Å²) in [6.45, 7) is -0.516. The van der Waals surface area contributed by atoms with Crippen LogP contribution in [-0.2, 0) is 9.53 Å². The Morgan fingerprint density at radius 1 is 0.854 bits per heavy atom. The number of rotatable bonds is 10. The highest BCUT2D eigenvalue weighted by molar-refractivity contribution is 5.97. The SMILES string of the molecule is O=C1C[C@@H](CCC[C@@H](O)c2ccc(F)cc2)[C@@H](c2ccc(-c3ccc(C4O[C@H](CO)[C@@H](O)[C@H](O)[C@H]4O)cc3)cc2O)N1c1ccccc1. The Labute approximate surface area is 278 Å². The number of nitrogens with zero attached hydrogens (tertiary/aromatic N) is 1. The molecule has 0 bridgehead atoms. The van der Waals surface area contributed by atoms with E-state index in [1.54, 1.807) is 47.4 Å². The lowest BCUT2D eigenvalue weighted by Crippen LogP contribution is -2.55. The molecule has 1 amide bonds. The molecule has 252 valence electrons. The zero-order valence-electron chi connectivity index (χ0n) is 26.2. The summed E-state index contributed by atoms with van der Waals surface area (Å²) in [6.07, 6.45) is -5.07. The molecule has 4 aromatic rings. The molecule has 0 radical (unpaired) electrons. The van der Waals surface area contributed by atoms with E-state index in [1.807, 2.05) is 42.5 Å². The molecular weight excluding hydrogens is 617 g/mol. The maximum absolute atomic E-state index is 13.5. The summed E-state index contributed by atoms with van der Waals surface area (Å²) in [6, 6.07) is 27.1. The fourth-order valence-corrected chi connectivity index (χ4v) is 6.99. The van der Waals surface area contributed by atoms with Gasteiger partial charge in [0, 0.05) is 17.7 Å². The van der Waals surface area contributed by atoms with Crippen LogP contribution in [-0.4, -0.2) is 67.6 Å². The lowest BCUT2D eigenvalue weighted by Gasteiger charge is -2.40. The third-order valence-corrected chi connectivity index (χ3v) is 9.59. The number of benzene rings is 4. The monoisotopic (exact) mass is 657 g/mol. The van der Waals surface area contributed by atoms with Crippen LogP contribution in [0, 0.1) is 11.7 Å². The number of phenols is 1. The zero-order chi connectivity index (χ0) is 33.9. The van der Waals surface area contributed by atoms with Gasteiger partial charge in [-0.15, -0.1) is 0 Å². The standard InChI is InChI=1S/C38H40FNO8/c39-27-16-13-23(14-17-27)30(42)8-4-5-26-20-33(44)40(28-6-2-1-3-7-28)34(26)29-18-15-25(19-31(29)43)22-9-11-24(12-10-22)38-37(47)36(46)35(45)32(21-41)48-38/h1-3,6-7,9-19,26,30,32,34-38,41-43,45-47H,4-5,8,20-21H2/t26-,30-,32-,34+,35-,36+,37-,38?/m1/s1. The van der Waals surface area contributed by atoms with Gasteiger partial charge in [-0.25, -0.2) is 4.39 Å². The summed E-state index contributed by atoms with van der Waals surface area (Å²) in [7, 11) is 0. The molecule has 6 rings (SSSR count). The Morgan fingerprint density at radius 2 is 1.54 bits per heavy atom. The molecule has 0 aromatic heterocycles. The lowest BCUT2D eigenvalue weighted by molar-refractivity contribution is -0.231. The van der Waals surface area contributed by atoms with Gasteiger partial charge in [0.25, 0.3) is 0 Å². The number of carbonyl (C=O) groups excluding carboxylic acids is 1. The molecule has 8 atom stereocenters.